The number of aromatic amines is 1. The summed E-state index contributed by atoms with van der Waals surface area (Å²) in [4.78, 5) is 21.6. The third-order valence-electron chi connectivity index (χ3n) is 3.68. The first-order valence-electron chi connectivity index (χ1n) is 7.51. The summed E-state index contributed by atoms with van der Waals surface area (Å²) in [5.74, 6) is 0.178. The molecule has 0 atom stereocenters. The van der Waals surface area contributed by atoms with Gasteiger partial charge in [0.25, 0.3) is 0 Å². The summed E-state index contributed by atoms with van der Waals surface area (Å²) >= 11 is 0. The van der Waals surface area contributed by atoms with E-state index in [-0.39, 0.29) is 0 Å². The zero-order chi connectivity index (χ0) is 16.2. The molecule has 0 spiro atoms. The summed E-state index contributed by atoms with van der Waals surface area (Å²) in [6, 6.07) is 9.09. The minimum atomic E-state index is -0.398. The molecule has 0 aliphatic heterocycles. The number of aromatic nitrogens is 2. The average molecular weight is 309 g/mol. The van der Waals surface area contributed by atoms with Gasteiger partial charge < -0.3 is 14.6 Å². The lowest BCUT2D eigenvalue weighted by Gasteiger charge is -2.10. The van der Waals surface area contributed by atoms with E-state index in [1.165, 1.54) is 6.20 Å². The Kier molecular flexibility index (Phi) is 4.39. The van der Waals surface area contributed by atoms with Crippen LogP contribution in [0.5, 0.6) is 5.75 Å². The molecular weight excluding hydrogens is 290 g/mol. The summed E-state index contributed by atoms with van der Waals surface area (Å²) in [6.45, 7) is 0.928. The molecule has 2 heterocycles. The van der Waals surface area contributed by atoms with E-state index in [0.29, 0.717) is 11.3 Å². The van der Waals surface area contributed by atoms with Crippen molar-refractivity contribution in [1.29, 1.82) is 0 Å². The van der Waals surface area contributed by atoms with Crippen LogP contribution in [-0.2, 0) is 6.42 Å². The highest BCUT2D eigenvalue weighted by atomic mass is 16.5. The predicted octanol–water partition coefficient (Wildman–Crippen LogP) is 2.89. The second-order valence-electron chi connectivity index (χ2n) is 5.68. The Balaban J connectivity index is 1.91. The molecule has 0 aliphatic carbocycles. The van der Waals surface area contributed by atoms with Crippen molar-refractivity contribution in [2.45, 2.75) is 6.42 Å². The molecule has 3 aromatic rings. The highest BCUT2D eigenvalue weighted by Gasteiger charge is 2.14. The molecule has 0 radical (unpaired) electrons. The summed E-state index contributed by atoms with van der Waals surface area (Å²) in [6.07, 6.45) is 6.00. The van der Waals surface area contributed by atoms with Crippen LogP contribution in [0.2, 0.25) is 0 Å². The Bertz CT molecular complexity index is 810. The van der Waals surface area contributed by atoms with Gasteiger partial charge in [-0.3, -0.25) is 4.98 Å². The molecule has 0 saturated heterocycles. The highest BCUT2D eigenvalue weighted by molar-refractivity contribution is 5.95. The zero-order valence-corrected chi connectivity index (χ0v) is 13.2. The molecule has 1 N–H and O–H groups in total. The van der Waals surface area contributed by atoms with Crippen molar-refractivity contribution in [2.24, 2.45) is 0 Å². The normalized spacial score (nSPS) is 11.1. The van der Waals surface area contributed by atoms with E-state index in [4.69, 9.17) is 4.74 Å². The fourth-order valence-corrected chi connectivity index (χ4v) is 2.49. The molecule has 0 amide bonds. The molecular formula is C18H19N3O2. The van der Waals surface area contributed by atoms with Gasteiger partial charge in [-0.1, -0.05) is 6.07 Å². The SMILES string of the molecule is CN(C)CCc1c[nH]c2cccc(OC(=O)c3cccnc3)c12. The lowest BCUT2D eigenvalue weighted by Crippen LogP contribution is -2.15. The first-order valence-corrected chi connectivity index (χ1v) is 7.51. The predicted molar refractivity (Wildman–Crippen MR) is 89.8 cm³/mol. The molecule has 5 nitrogen and oxygen atoms in total. The minimum Gasteiger partial charge on any atom is -0.422 e. The minimum absolute atomic E-state index is 0.398. The van der Waals surface area contributed by atoms with Crippen molar-refractivity contribution < 1.29 is 9.53 Å². The van der Waals surface area contributed by atoms with Crippen LogP contribution in [0.3, 0.4) is 0 Å². The van der Waals surface area contributed by atoms with Gasteiger partial charge >= 0.3 is 5.97 Å². The van der Waals surface area contributed by atoms with Gasteiger partial charge in [0.1, 0.15) is 5.75 Å². The van der Waals surface area contributed by atoms with E-state index >= 15 is 0 Å². The van der Waals surface area contributed by atoms with E-state index in [2.05, 4.69) is 14.9 Å². The second-order valence-corrected chi connectivity index (χ2v) is 5.68. The Labute approximate surface area is 134 Å². The summed E-state index contributed by atoms with van der Waals surface area (Å²) in [5, 5.41) is 0.964. The maximum atomic E-state index is 12.3. The fraction of sp³-hybridized carbons (Fsp3) is 0.222. The Morgan fingerprint density at radius 3 is 2.87 bits per heavy atom. The largest absolute Gasteiger partial charge is 0.422 e. The van der Waals surface area contributed by atoms with Crippen molar-refractivity contribution in [1.82, 2.24) is 14.9 Å². The number of likely N-dealkylation sites (N-methyl/N-ethyl adjacent to an activating group) is 1. The van der Waals surface area contributed by atoms with Gasteiger partial charge in [0.05, 0.1) is 5.56 Å². The third-order valence-corrected chi connectivity index (χ3v) is 3.68. The topological polar surface area (TPSA) is 58.2 Å². The van der Waals surface area contributed by atoms with E-state index in [9.17, 15) is 4.79 Å². The van der Waals surface area contributed by atoms with Crippen molar-refractivity contribution >= 4 is 16.9 Å². The van der Waals surface area contributed by atoms with Crippen LogP contribution < -0.4 is 4.74 Å². The maximum Gasteiger partial charge on any atom is 0.345 e. The molecule has 2 aromatic heterocycles. The van der Waals surface area contributed by atoms with Crippen LogP contribution in [0, 0.1) is 0 Å². The maximum absolute atomic E-state index is 12.3. The van der Waals surface area contributed by atoms with E-state index in [1.807, 2.05) is 38.5 Å². The quantitative estimate of drug-likeness (QED) is 0.581. The molecule has 5 heteroatoms. The van der Waals surface area contributed by atoms with Crippen LogP contribution in [0.1, 0.15) is 15.9 Å². The number of carbonyl (C=O) groups excluding carboxylic acids is 1. The van der Waals surface area contributed by atoms with E-state index < -0.39 is 5.97 Å². The van der Waals surface area contributed by atoms with Gasteiger partial charge in [-0.05, 0) is 50.3 Å². The van der Waals surface area contributed by atoms with Crippen molar-refractivity contribution in [2.75, 3.05) is 20.6 Å². The van der Waals surface area contributed by atoms with Gasteiger partial charge in [-0.2, -0.15) is 0 Å². The number of esters is 1. The number of hydrogen-bond donors (Lipinski definition) is 1. The first-order chi connectivity index (χ1) is 11.1. The molecule has 23 heavy (non-hydrogen) atoms. The fourth-order valence-electron chi connectivity index (χ4n) is 2.49. The molecule has 0 bridgehead atoms. The lowest BCUT2D eigenvalue weighted by molar-refractivity contribution is 0.0736. The Morgan fingerprint density at radius 1 is 1.26 bits per heavy atom. The van der Waals surface area contributed by atoms with Crippen LogP contribution in [0.25, 0.3) is 10.9 Å². The number of ether oxygens (including phenoxy) is 1. The number of pyridine rings is 1. The van der Waals surface area contributed by atoms with Crippen molar-refractivity contribution in [3.8, 4) is 5.75 Å². The number of nitrogens with zero attached hydrogens (tertiary/aromatic N) is 2. The number of nitrogens with one attached hydrogen (secondary N) is 1. The summed E-state index contributed by atoms with van der Waals surface area (Å²) in [5.41, 5.74) is 2.55. The third kappa shape index (κ3) is 3.40. The van der Waals surface area contributed by atoms with Crippen molar-refractivity contribution in [3.63, 3.8) is 0 Å². The van der Waals surface area contributed by atoms with Crippen LogP contribution in [0.4, 0.5) is 0 Å². The number of rotatable bonds is 5. The number of benzene rings is 1. The van der Waals surface area contributed by atoms with Crippen molar-refractivity contribution in [3.05, 3.63) is 60.0 Å². The molecule has 0 aliphatic rings. The van der Waals surface area contributed by atoms with Gasteiger partial charge in [-0.25, -0.2) is 4.79 Å². The van der Waals surface area contributed by atoms with Crippen LogP contribution in [-0.4, -0.2) is 41.5 Å². The standard InChI is InChI=1S/C18H19N3O2/c1-21(2)10-8-13-12-20-15-6-3-7-16(17(13)15)23-18(22)14-5-4-9-19-11-14/h3-7,9,11-12,20H,8,10H2,1-2H3. The molecule has 0 saturated carbocycles. The van der Waals surface area contributed by atoms with Gasteiger partial charge in [0.15, 0.2) is 0 Å². The molecule has 0 fully saturated rings. The van der Waals surface area contributed by atoms with Crippen LogP contribution >= 0.6 is 0 Å². The number of hydrogen-bond acceptors (Lipinski definition) is 4. The highest BCUT2D eigenvalue weighted by Crippen LogP contribution is 2.29. The smallest absolute Gasteiger partial charge is 0.345 e. The average Bonchev–Trinajstić information content (AvgIpc) is 2.98. The Hall–Kier alpha value is -2.66. The van der Waals surface area contributed by atoms with Gasteiger partial charge in [-0.15, -0.1) is 0 Å². The van der Waals surface area contributed by atoms with E-state index in [1.54, 1.807) is 18.3 Å². The lowest BCUT2D eigenvalue weighted by atomic mass is 10.1. The molecule has 1 aromatic carbocycles. The number of H-pyrrole nitrogens is 1. The van der Waals surface area contributed by atoms with Crippen LogP contribution in [0.15, 0.2) is 48.9 Å². The van der Waals surface area contributed by atoms with Gasteiger partial charge in [0, 0.05) is 36.0 Å². The summed E-state index contributed by atoms with van der Waals surface area (Å²) < 4.78 is 5.61. The molecule has 3 rings (SSSR count). The summed E-state index contributed by atoms with van der Waals surface area (Å²) in [7, 11) is 4.08. The van der Waals surface area contributed by atoms with E-state index in [0.717, 1.165) is 29.4 Å². The second kappa shape index (κ2) is 6.62. The molecule has 118 valence electrons. The van der Waals surface area contributed by atoms with Gasteiger partial charge in [0.2, 0.25) is 0 Å². The first kappa shape index (κ1) is 15.2. The number of carbonyl (C=O) groups is 1. The Morgan fingerprint density at radius 2 is 2.13 bits per heavy atom. The number of fused-ring (bicyclic) bond motifs is 1. The zero-order valence-electron chi connectivity index (χ0n) is 13.2. The monoisotopic (exact) mass is 309 g/mol. The molecule has 0 unspecified atom stereocenters.